The van der Waals surface area contributed by atoms with Crippen molar-refractivity contribution in [2.45, 2.75) is 342 Å². The Balaban J connectivity index is 1.56. The van der Waals surface area contributed by atoms with E-state index in [0.29, 0.717) is 12.8 Å². The van der Waals surface area contributed by atoms with Crippen molar-refractivity contribution in [1.82, 2.24) is 10.6 Å². The molecule has 3 fully saturated rings. The van der Waals surface area contributed by atoms with Crippen molar-refractivity contribution in [3.05, 3.63) is 24.3 Å². The first-order chi connectivity index (χ1) is 42.4. The highest BCUT2D eigenvalue weighted by molar-refractivity contribution is 5.77. The van der Waals surface area contributed by atoms with Gasteiger partial charge in [-0.3, -0.25) is 9.59 Å². The van der Waals surface area contributed by atoms with Gasteiger partial charge in [-0.15, -0.1) is 0 Å². The van der Waals surface area contributed by atoms with E-state index in [1.807, 2.05) is 6.08 Å². The second kappa shape index (κ2) is 46.3. The number of carboxylic acids is 1. The first-order valence-corrected chi connectivity index (χ1v) is 33.7. The van der Waals surface area contributed by atoms with Crippen LogP contribution in [0.15, 0.2) is 24.3 Å². The fraction of sp³-hybridized carbons (Fsp3) is 0.892. The lowest BCUT2D eigenvalue weighted by atomic mass is 9.88. The van der Waals surface area contributed by atoms with Gasteiger partial charge in [0.2, 0.25) is 11.8 Å². The number of carbonyl (C=O) groups excluding carboxylic acids is 2. The van der Waals surface area contributed by atoms with Crippen LogP contribution < -0.4 is 10.6 Å². The molecule has 0 aromatic rings. The molecule has 3 aliphatic rings. The number of aliphatic carboxylic acids is 1. The van der Waals surface area contributed by atoms with Crippen LogP contribution in [-0.2, 0) is 42.8 Å². The first-order valence-electron chi connectivity index (χ1n) is 33.7. The smallest absolute Gasteiger partial charge is 0.364 e. The average Bonchev–Trinajstić information content (AvgIpc) is 1.10. The molecule has 0 aromatic heterocycles. The molecular formula is C65H118N2O21. The number of nitrogens with one attached hydrogen (secondary N) is 2. The van der Waals surface area contributed by atoms with Crippen molar-refractivity contribution in [1.29, 1.82) is 0 Å². The second-order valence-corrected chi connectivity index (χ2v) is 24.7. The molecule has 23 nitrogen and oxygen atoms in total. The molecule has 0 saturated carbocycles. The summed E-state index contributed by atoms with van der Waals surface area (Å²) >= 11 is 0. The van der Waals surface area contributed by atoms with Crippen molar-refractivity contribution < 1.29 is 104 Å². The zero-order chi connectivity index (χ0) is 64.7. The van der Waals surface area contributed by atoms with E-state index in [0.717, 1.165) is 58.3 Å². The van der Waals surface area contributed by atoms with Gasteiger partial charge in [-0.25, -0.2) is 4.79 Å². The number of ether oxygens (including phenoxy) is 6. The van der Waals surface area contributed by atoms with E-state index in [9.17, 15) is 75.7 Å². The van der Waals surface area contributed by atoms with Crippen LogP contribution in [-0.4, -0.2) is 215 Å². The van der Waals surface area contributed by atoms with E-state index in [1.165, 1.54) is 135 Å². The highest BCUT2D eigenvalue weighted by Gasteiger charge is 2.60. The van der Waals surface area contributed by atoms with Gasteiger partial charge in [0, 0.05) is 19.8 Å². The van der Waals surface area contributed by atoms with Crippen LogP contribution in [0, 0.1) is 0 Å². The molecule has 88 heavy (non-hydrogen) atoms. The molecule has 3 rings (SSSR count). The molecule has 3 saturated heterocycles. The van der Waals surface area contributed by atoms with Crippen molar-refractivity contribution in [2.75, 3.05) is 26.4 Å². The number of aliphatic hydroxyl groups excluding tert-OH is 11. The molecule has 0 radical (unpaired) electrons. The molecule has 18 atom stereocenters. The Morgan fingerprint density at radius 2 is 1.07 bits per heavy atom. The molecule has 23 heteroatoms. The van der Waals surface area contributed by atoms with Crippen molar-refractivity contribution in [2.24, 2.45) is 0 Å². The van der Waals surface area contributed by atoms with E-state index in [-0.39, 0.29) is 12.3 Å². The molecule has 0 aromatic carbocycles. The summed E-state index contributed by atoms with van der Waals surface area (Å²) in [6.07, 6.45) is 15.4. The van der Waals surface area contributed by atoms with Crippen molar-refractivity contribution >= 4 is 17.8 Å². The Hall–Kier alpha value is -2.79. The second-order valence-electron chi connectivity index (χ2n) is 24.7. The number of allylic oxidation sites excluding steroid dienone is 3. The van der Waals surface area contributed by atoms with Crippen LogP contribution in [0.3, 0.4) is 0 Å². The van der Waals surface area contributed by atoms with E-state index < -0.39 is 155 Å². The zero-order valence-corrected chi connectivity index (χ0v) is 53.3. The highest BCUT2D eigenvalue weighted by Crippen LogP contribution is 2.39. The number of unbranched alkanes of at least 4 members (excludes halogenated alkanes) is 28. The van der Waals surface area contributed by atoms with E-state index in [4.69, 9.17) is 28.4 Å². The lowest BCUT2D eigenvalue weighted by Crippen LogP contribution is -2.70. The minimum absolute atomic E-state index is 0.197. The van der Waals surface area contributed by atoms with Crippen LogP contribution in [0.1, 0.15) is 233 Å². The quantitative estimate of drug-likeness (QED) is 0.0272. The number of carbonyl (C=O) groups is 3. The predicted octanol–water partition coefficient (Wildman–Crippen LogP) is 5.28. The molecule has 3 heterocycles. The lowest BCUT2D eigenvalue weighted by molar-refractivity contribution is -0.386. The number of hydrogen-bond donors (Lipinski definition) is 14. The number of aliphatic hydroxyl groups is 11. The van der Waals surface area contributed by atoms with Gasteiger partial charge >= 0.3 is 5.97 Å². The Morgan fingerprint density at radius 1 is 0.591 bits per heavy atom. The summed E-state index contributed by atoms with van der Waals surface area (Å²) in [7, 11) is 0. The summed E-state index contributed by atoms with van der Waals surface area (Å²) < 4.78 is 34.7. The van der Waals surface area contributed by atoms with Gasteiger partial charge in [-0.05, 0) is 44.9 Å². The number of carboxylic acid groups (broad SMARTS) is 1. The third-order valence-electron chi connectivity index (χ3n) is 17.1. The standard InChI is InChI=1S/C65H118N2O21/c1-4-6-8-10-12-14-16-17-18-19-20-21-22-23-24-25-26-27-28-29-31-33-35-37-39-52(75)67-46(47(72)38-36-34-32-30-15-13-11-9-7-5-2)44-83-62-57(79)56(78)59(51(43-70)85-62)86-63-58(80)61(55(77)50(42-69)84-63)88-65(64(81)82)40-48(73)53(66-45(3)71)60(87-65)54(76)49(74)41-68/h23-24,36,38,46-51,53-63,68-70,72-74,76-80H,4-22,25-35,37,39-44H2,1-3H3,(H,66,71)(H,67,75)(H,81,82)/b24-23-,38-36+. The molecular weight excluding hydrogens is 1140 g/mol. The predicted molar refractivity (Wildman–Crippen MR) is 329 cm³/mol. The highest BCUT2D eigenvalue weighted by atomic mass is 16.8. The van der Waals surface area contributed by atoms with Gasteiger partial charge in [0.15, 0.2) is 12.6 Å². The van der Waals surface area contributed by atoms with E-state index in [1.54, 1.807) is 6.08 Å². The van der Waals surface area contributed by atoms with Crippen LogP contribution in [0.4, 0.5) is 0 Å². The van der Waals surface area contributed by atoms with Gasteiger partial charge < -0.3 is 100 Å². The summed E-state index contributed by atoms with van der Waals surface area (Å²) in [5.74, 6) is -6.15. The summed E-state index contributed by atoms with van der Waals surface area (Å²) in [5, 5.41) is 136. The minimum Gasteiger partial charge on any atom is -0.477 e. The van der Waals surface area contributed by atoms with E-state index in [2.05, 4.69) is 36.6 Å². The molecule has 2 amide bonds. The van der Waals surface area contributed by atoms with E-state index >= 15 is 0 Å². The normalized spacial score (nSPS) is 29.1. The number of hydrogen-bond acceptors (Lipinski definition) is 20. The van der Waals surface area contributed by atoms with Gasteiger partial charge in [-0.1, -0.05) is 192 Å². The molecule has 514 valence electrons. The molecule has 0 bridgehead atoms. The summed E-state index contributed by atoms with van der Waals surface area (Å²) in [5.41, 5.74) is 0. The largest absolute Gasteiger partial charge is 0.477 e. The Labute approximate surface area is 523 Å². The summed E-state index contributed by atoms with van der Waals surface area (Å²) in [6, 6.07) is -2.62. The molecule has 0 spiro atoms. The van der Waals surface area contributed by atoms with Gasteiger partial charge in [0.05, 0.1) is 50.7 Å². The third kappa shape index (κ3) is 29.0. The number of amides is 2. The molecule has 14 N–H and O–H groups in total. The summed E-state index contributed by atoms with van der Waals surface area (Å²) in [4.78, 5) is 38.4. The van der Waals surface area contributed by atoms with Crippen LogP contribution >= 0.6 is 0 Å². The lowest BCUT2D eigenvalue weighted by Gasteiger charge is -2.50. The van der Waals surface area contributed by atoms with Crippen LogP contribution in [0.25, 0.3) is 0 Å². The fourth-order valence-corrected chi connectivity index (χ4v) is 11.7. The Morgan fingerprint density at radius 3 is 1.55 bits per heavy atom. The van der Waals surface area contributed by atoms with Crippen molar-refractivity contribution in [3.8, 4) is 0 Å². The molecule has 3 aliphatic heterocycles. The van der Waals surface area contributed by atoms with Crippen molar-refractivity contribution in [3.63, 3.8) is 0 Å². The molecule has 0 aliphatic carbocycles. The van der Waals surface area contributed by atoms with Crippen LogP contribution in [0.5, 0.6) is 0 Å². The summed E-state index contributed by atoms with van der Waals surface area (Å²) in [6.45, 7) is 2.09. The minimum atomic E-state index is -3.08. The topological polar surface area (TPSA) is 373 Å². The Bertz CT molecular complexity index is 1890. The Kier molecular flexibility index (Phi) is 41.8. The SMILES string of the molecule is CCCCCCCCCC/C=C/C(O)C(COC1OC(CO)C(OC2OC(CO)C(O)C(OC3(C(=O)O)CC(O)C(NC(C)=O)C(C(O)C(O)CO)O3)C2O)C(O)C1O)NC(=O)CCCCCCCCCC/C=C\CCCCCCCCCCCCCC. The maximum atomic E-state index is 13.4. The monoisotopic (exact) mass is 1260 g/mol. The zero-order valence-electron chi connectivity index (χ0n) is 53.3. The molecule has 18 unspecified atom stereocenters. The van der Waals surface area contributed by atoms with Gasteiger partial charge in [-0.2, -0.15) is 0 Å². The first kappa shape index (κ1) is 79.4. The third-order valence-corrected chi connectivity index (χ3v) is 17.1. The fourth-order valence-electron chi connectivity index (χ4n) is 11.7. The van der Waals surface area contributed by atoms with Gasteiger partial charge in [0.25, 0.3) is 5.79 Å². The van der Waals surface area contributed by atoms with Gasteiger partial charge in [0.1, 0.15) is 67.1 Å². The maximum Gasteiger partial charge on any atom is 0.364 e. The average molecular weight is 1260 g/mol. The maximum absolute atomic E-state index is 13.4. The number of rotatable bonds is 50. The van der Waals surface area contributed by atoms with Crippen LogP contribution in [0.2, 0.25) is 0 Å².